The van der Waals surface area contributed by atoms with E-state index in [1.807, 2.05) is 11.0 Å². The van der Waals surface area contributed by atoms with Gasteiger partial charge in [0, 0.05) is 11.4 Å². The van der Waals surface area contributed by atoms with E-state index >= 15 is 0 Å². The molecule has 1 aromatic rings. The first kappa shape index (κ1) is 16.0. The fourth-order valence-electron chi connectivity index (χ4n) is 2.75. The summed E-state index contributed by atoms with van der Waals surface area (Å²) in [6, 6.07) is 4.15. The van der Waals surface area contributed by atoms with Gasteiger partial charge in [0.1, 0.15) is 0 Å². The number of nitrogens with one attached hydrogen (secondary N) is 1. The zero-order chi connectivity index (χ0) is 14.5. The van der Waals surface area contributed by atoms with E-state index in [4.69, 9.17) is 0 Å². The predicted molar refractivity (Wildman–Crippen MR) is 87.9 cm³/mol. The van der Waals surface area contributed by atoms with Crippen molar-refractivity contribution in [1.29, 1.82) is 0 Å². The van der Waals surface area contributed by atoms with Crippen LogP contribution < -0.4 is 5.32 Å². The van der Waals surface area contributed by atoms with Gasteiger partial charge in [-0.1, -0.05) is 13.3 Å². The van der Waals surface area contributed by atoms with Gasteiger partial charge >= 0.3 is 0 Å². The van der Waals surface area contributed by atoms with Crippen LogP contribution in [0.4, 0.5) is 0 Å². The fourth-order valence-corrected chi connectivity index (χ4v) is 4.24. The largest absolute Gasteiger partial charge is 0.336 e. The maximum Gasteiger partial charge on any atom is 0.240 e. The van der Waals surface area contributed by atoms with Crippen LogP contribution in [0.3, 0.4) is 0 Å². The summed E-state index contributed by atoms with van der Waals surface area (Å²) in [5.41, 5.74) is 0. The number of nitrogens with zero attached hydrogens (tertiary/aromatic N) is 1. The van der Waals surface area contributed by atoms with Gasteiger partial charge < -0.3 is 10.2 Å². The average Bonchev–Trinajstić information content (AvgIpc) is 2.89. The third-order valence-corrected chi connectivity index (χ3v) is 5.67. The molecule has 0 saturated carbocycles. The fraction of sp³-hybridized carbons (Fsp3) is 0.667. The lowest BCUT2D eigenvalue weighted by atomic mass is 9.90. The molecule has 1 aromatic heterocycles. The zero-order valence-electron chi connectivity index (χ0n) is 12.2. The van der Waals surface area contributed by atoms with Gasteiger partial charge in [-0.15, -0.1) is 11.3 Å². The Bertz CT molecular complexity index is 449. The van der Waals surface area contributed by atoms with Gasteiger partial charge in [-0.25, -0.2) is 0 Å². The summed E-state index contributed by atoms with van der Waals surface area (Å²) in [5.74, 6) is 0.954. The van der Waals surface area contributed by atoms with Gasteiger partial charge in [-0.3, -0.25) is 4.79 Å². The van der Waals surface area contributed by atoms with Crippen LogP contribution in [0.5, 0.6) is 0 Å². The molecule has 1 amide bonds. The first-order valence-corrected chi connectivity index (χ1v) is 9.01. The quantitative estimate of drug-likeness (QED) is 0.871. The van der Waals surface area contributed by atoms with E-state index in [0.717, 1.165) is 29.8 Å². The predicted octanol–water partition coefficient (Wildman–Crippen LogP) is 3.64. The van der Waals surface area contributed by atoms with E-state index in [1.54, 1.807) is 11.3 Å². The van der Waals surface area contributed by atoms with Crippen molar-refractivity contribution >= 4 is 33.2 Å². The smallest absolute Gasteiger partial charge is 0.240 e. The molecule has 1 fully saturated rings. The van der Waals surface area contributed by atoms with E-state index in [0.29, 0.717) is 5.92 Å². The van der Waals surface area contributed by atoms with Crippen molar-refractivity contribution in [3.63, 3.8) is 0 Å². The number of hydrogen-bond donors (Lipinski definition) is 1. The number of thiophene rings is 1. The Labute approximate surface area is 133 Å². The number of likely N-dealkylation sites (N-methyl/N-ethyl adjacent to an activating group) is 1. The Morgan fingerprint density at radius 1 is 1.50 bits per heavy atom. The Hall–Kier alpha value is -0.390. The Balaban J connectivity index is 1.97. The minimum absolute atomic E-state index is 0.0112. The first-order chi connectivity index (χ1) is 9.63. The highest BCUT2D eigenvalue weighted by Gasteiger charge is 2.28. The third kappa shape index (κ3) is 4.06. The van der Waals surface area contributed by atoms with E-state index in [9.17, 15) is 4.79 Å². The van der Waals surface area contributed by atoms with Gasteiger partial charge in [0.25, 0.3) is 0 Å². The van der Waals surface area contributed by atoms with Crippen LogP contribution in [0, 0.1) is 5.92 Å². The molecule has 0 bridgehead atoms. The van der Waals surface area contributed by atoms with Crippen LogP contribution in [0.2, 0.25) is 0 Å². The number of halogens is 1. The van der Waals surface area contributed by atoms with Crippen molar-refractivity contribution < 1.29 is 4.79 Å². The van der Waals surface area contributed by atoms with Crippen LogP contribution in [0.25, 0.3) is 0 Å². The van der Waals surface area contributed by atoms with Crippen LogP contribution in [0.1, 0.15) is 38.0 Å². The zero-order valence-corrected chi connectivity index (χ0v) is 14.6. The lowest BCUT2D eigenvalue weighted by Gasteiger charge is -2.32. The Kier molecular flexibility index (Phi) is 6.05. The van der Waals surface area contributed by atoms with Gasteiger partial charge in [0.15, 0.2) is 0 Å². The highest BCUT2D eigenvalue weighted by Crippen LogP contribution is 2.25. The maximum absolute atomic E-state index is 12.7. The minimum atomic E-state index is 0.0112. The Morgan fingerprint density at radius 3 is 2.90 bits per heavy atom. The minimum Gasteiger partial charge on any atom is -0.336 e. The normalized spacial score (nSPS) is 22.8. The van der Waals surface area contributed by atoms with Crippen molar-refractivity contribution in [1.82, 2.24) is 10.2 Å². The van der Waals surface area contributed by atoms with E-state index in [2.05, 4.69) is 41.2 Å². The molecule has 2 unspecified atom stereocenters. The number of amides is 1. The summed E-state index contributed by atoms with van der Waals surface area (Å²) in [7, 11) is 0. The van der Waals surface area contributed by atoms with Crippen LogP contribution in [0.15, 0.2) is 15.9 Å². The molecule has 5 heteroatoms. The number of carbonyl (C=O) groups is 1. The lowest BCUT2D eigenvalue weighted by Crippen LogP contribution is -2.50. The first-order valence-electron chi connectivity index (χ1n) is 7.40. The molecule has 0 radical (unpaired) electrons. The molecule has 1 N–H and O–H groups in total. The van der Waals surface area contributed by atoms with Gasteiger partial charge in [-0.05, 0) is 60.3 Å². The van der Waals surface area contributed by atoms with Crippen LogP contribution in [-0.4, -0.2) is 29.9 Å². The lowest BCUT2D eigenvalue weighted by molar-refractivity contribution is -0.134. The van der Waals surface area contributed by atoms with Gasteiger partial charge in [0.2, 0.25) is 5.91 Å². The molecule has 112 valence electrons. The standard InChI is InChI=1S/C15H23BrN2OS/c1-3-11-7-8-17-13(9-11)15(19)18(4-2)10-12-5-6-14(16)20-12/h5-6,11,13,17H,3-4,7-10H2,1-2H3. The molecule has 2 heterocycles. The average molecular weight is 359 g/mol. The van der Waals surface area contributed by atoms with Crippen molar-refractivity contribution in [2.45, 2.75) is 45.7 Å². The summed E-state index contributed by atoms with van der Waals surface area (Å²) < 4.78 is 1.12. The highest BCUT2D eigenvalue weighted by atomic mass is 79.9. The SMILES string of the molecule is CCC1CCNC(C(=O)N(CC)Cc2ccc(Br)s2)C1. The van der Waals surface area contributed by atoms with Crippen LogP contribution >= 0.6 is 27.3 Å². The number of rotatable bonds is 5. The summed E-state index contributed by atoms with van der Waals surface area (Å²) in [5, 5.41) is 3.39. The molecule has 2 rings (SSSR count). The summed E-state index contributed by atoms with van der Waals surface area (Å²) in [4.78, 5) is 15.9. The van der Waals surface area contributed by atoms with Crippen molar-refractivity contribution in [2.24, 2.45) is 5.92 Å². The van der Waals surface area contributed by atoms with E-state index in [1.165, 1.54) is 17.7 Å². The van der Waals surface area contributed by atoms with Crippen LogP contribution in [-0.2, 0) is 11.3 Å². The molecule has 0 aliphatic carbocycles. The molecule has 0 aromatic carbocycles. The number of piperidine rings is 1. The van der Waals surface area contributed by atoms with E-state index < -0.39 is 0 Å². The number of hydrogen-bond acceptors (Lipinski definition) is 3. The molecule has 0 spiro atoms. The summed E-state index contributed by atoms with van der Waals surface area (Å²) in [6.45, 7) is 6.74. The molecule has 3 nitrogen and oxygen atoms in total. The second kappa shape index (κ2) is 7.57. The monoisotopic (exact) mass is 358 g/mol. The van der Waals surface area contributed by atoms with Crippen molar-refractivity contribution in [2.75, 3.05) is 13.1 Å². The molecular formula is C15H23BrN2OS. The molecule has 2 atom stereocenters. The topological polar surface area (TPSA) is 32.3 Å². The molecule has 1 aliphatic rings. The second-order valence-electron chi connectivity index (χ2n) is 5.36. The van der Waals surface area contributed by atoms with Gasteiger partial charge in [0.05, 0.1) is 16.4 Å². The molecule has 1 saturated heterocycles. The Morgan fingerprint density at radius 2 is 2.30 bits per heavy atom. The van der Waals surface area contributed by atoms with E-state index in [-0.39, 0.29) is 11.9 Å². The number of carbonyl (C=O) groups excluding carboxylic acids is 1. The van der Waals surface area contributed by atoms with Crippen molar-refractivity contribution in [3.05, 3.63) is 20.8 Å². The molecular weight excluding hydrogens is 336 g/mol. The summed E-state index contributed by atoms with van der Waals surface area (Å²) in [6.07, 6.45) is 3.36. The highest BCUT2D eigenvalue weighted by molar-refractivity contribution is 9.11. The molecule has 1 aliphatic heterocycles. The third-order valence-electron chi connectivity index (χ3n) is 4.06. The van der Waals surface area contributed by atoms with Crippen molar-refractivity contribution in [3.8, 4) is 0 Å². The molecule has 20 heavy (non-hydrogen) atoms. The maximum atomic E-state index is 12.7. The second-order valence-corrected chi connectivity index (χ2v) is 7.91. The summed E-state index contributed by atoms with van der Waals surface area (Å²) >= 11 is 5.18. The van der Waals surface area contributed by atoms with Gasteiger partial charge in [-0.2, -0.15) is 0 Å².